The number of esters is 1. The van der Waals surface area contributed by atoms with E-state index in [0.29, 0.717) is 5.57 Å². The first-order valence-corrected chi connectivity index (χ1v) is 10.5. The van der Waals surface area contributed by atoms with Gasteiger partial charge in [-0.15, -0.1) is 0 Å². The van der Waals surface area contributed by atoms with Gasteiger partial charge in [-0.2, -0.15) is 0 Å². The fourth-order valence-electron chi connectivity index (χ4n) is 5.56. The highest BCUT2D eigenvalue weighted by Crippen LogP contribution is 2.48. The van der Waals surface area contributed by atoms with Gasteiger partial charge in [-0.25, -0.2) is 4.79 Å². The van der Waals surface area contributed by atoms with Crippen molar-refractivity contribution in [1.82, 2.24) is 9.88 Å². The standard InChI is InChI=1S/C23H28N2O5.2H2/c1-12-16-10-25-6-5-13-15-8-20(27-2)21(28-3)9-18(15)24-22(13)19(25)7-14(16)17(11-30-12)23(26)29-4;;/h8-9,11-12,14,16,19,24H,5-7,10H2,1-4H3;2*1H/t12-,14?,16?,19+;;/m0../s1. The normalized spacial score (nSPS) is 27.9. The summed E-state index contributed by atoms with van der Waals surface area (Å²) in [5, 5.41) is 1.19. The van der Waals surface area contributed by atoms with Crippen molar-refractivity contribution in [1.29, 1.82) is 0 Å². The summed E-state index contributed by atoms with van der Waals surface area (Å²) in [5.74, 6) is 1.59. The number of carbonyl (C=O) groups is 1. The second-order valence-electron chi connectivity index (χ2n) is 8.44. The lowest BCUT2D eigenvalue weighted by Gasteiger charge is -2.49. The second kappa shape index (κ2) is 7.23. The van der Waals surface area contributed by atoms with Crippen molar-refractivity contribution in [3.05, 3.63) is 35.2 Å². The zero-order valence-electron chi connectivity index (χ0n) is 17.9. The zero-order valence-corrected chi connectivity index (χ0v) is 17.9. The van der Waals surface area contributed by atoms with Crippen molar-refractivity contribution < 1.29 is 26.6 Å². The number of piperidine rings is 1. The van der Waals surface area contributed by atoms with Crippen LogP contribution < -0.4 is 9.47 Å². The van der Waals surface area contributed by atoms with Crippen LogP contribution in [0.3, 0.4) is 0 Å². The van der Waals surface area contributed by atoms with E-state index in [-0.39, 0.29) is 32.8 Å². The maximum absolute atomic E-state index is 12.4. The van der Waals surface area contributed by atoms with E-state index in [4.69, 9.17) is 18.9 Å². The molecule has 0 bridgehead atoms. The first kappa shape index (κ1) is 19.3. The molecule has 4 atom stereocenters. The van der Waals surface area contributed by atoms with E-state index < -0.39 is 0 Å². The monoisotopic (exact) mass is 416 g/mol. The van der Waals surface area contributed by atoms with Crippen LogP contribution in [-0.2, 0) is 20.7 Å². The Bertz CT molecular complexity index is 1040. The Morgan fingerprint density at radius 2 is 2.00 bits per heavy atom. The minimum atomic E-state index is -0.285. The van der Waals surface area contributed by atoms with Crippen LogP contribution in [0.5, 0.6) is 11.5 Å². The number of rotatable bonds is 3. The summed E-state index contributed by atoms with van der Waals surface area (Å²) in [5.41, 5.74) is 4.31. The van der Waals surface area contributed by atoms with Crippen LogP contribution >= 0.6 is 0 Å². The van der Waals surface area contributed by atoms with Gasteiger partial charge in [0.25, 0.3) is 0 Å². The molecular formula is C23H32N2O5. The Hall–Kier alpha value is -2.67. The van der Waals surface area contributed by atoms with Gasteiger partial charge in [-0.3, -0.25) is 4.90 Å². The smallest absolute Gasteiger partial charge is 0.337 e. The number of benzene rings is 1. The van der Waals surface area contributed by atoms with Crippen LogP contribution in [0.25, 0.3) is 10.9 Å². The molecule has 0 radical (unpaired) electrons. The molecule has 0 aliphatic carbocycles. The molecule has 5 rings (SSSR count). The van der Waals surface area contributed by atoms with E-state index in [9.17, 15) is 4.79 Å². The number of nitrogens with one attached hydrogen (secondary N) is 1. The van der Waals surface area contributed by atoms with Crippen molar-refractivity contribution in [2.45, 2.75) is 31.9 Å². The number of hydrogen-bond acceptors (Lipinski definition) is 6. The number of nitrogens with zero attached hydrogens (tertiary/aromatic N) is 1. The summed E-state index contributed by atoms with van der Waals surface area (Å²) in [6.45, 7) is 4.00. The lowest BCUT2D eigenvalue weighted by atomic mass is 9.72. The van der Waals surface area contributed by atoms with Crippen LogP contribution in [0.2, 0.25) is 0 Å². The molecule has 0 amide bonds. The molecule has 2 aromatic rings. The predicted molar refractivity (Wildman–Crippen MR) is 116 cm³/mol. The quantitative estimate of drug-likeness (QED) is 0.770. The molecule has 3 aliphatic rings. The van der Waals surface area contributed by atoms with E-state index in [1.165, 1.54) is 23.8 Å². The number of fused-ring (bicyclic) bond motifs is 6. The van der Waals surface area contributed by atoms with Gasteiger partial charge in [0.05, 0.1) is 45.3 Å². The Balaban J connectivity index is 0.00000144. The van der Waals surface area contributed by atoms with E-state index in [2.05, 4.69) is 22.9 Å². The maximum atomic E-state index is 12.4. The summed E-state index contributed by atoms with van der Waals surface area (Å²) < 4.78 is 21.9. The average molecular weight is 417 g/mol. The largest absolute Gasteiger partial charge is 0.497 e. The number of aromatic nitrogens is 1. The van der Waals surface area contributed by atoms with Gasteiger partial charge in [-0.05, 0) is 31.4 Å². The molecule has 1 N–H and O–H groups in total. The second-order valence-corrected chi connectivity index (χ2v) is 8.44. The van der Waals surface area contributed by atoms with E-state index >= 15 is 0 Å². The van der Waals surface area contributed by atoms with Crippen LogP contribution in [-0.4, -0.2) is 56.4 Å². The lowest BCUT2D eigenvalue weighted by molar-refractivity contribution is -0.139. The lowest BCUT2D eigenvalue weighted by Crippen LogP contribution is -2.51. The molecular weight excluding hydrogens is 384 g/mol. The predicted octanol–water partition coefficient (Wildman–Crippen LogP) is 3.69. The molecule has 1 saturated heterocycles. The molecule has 1 aromatic carbocycles. The molecule has 30 heavy (non-hydrogen) atoms. The van der Waals surface area contributed by atoms with E-state index in [1.807, 2.05) is 6.07 Å². The molecule has 2 unspecified atom stereocenters. The maximum Gasteiger partial charge on any atom is 0.337 e. The summed E-state index contributed by atoms with van der Waals surface area (Å²) in [4.78, 5) is 18.6. The first-order valence-electron chi connectivity index (χ1n) is 10.5. The average Bonchev–Trinajstić information content (AvgIpc) is 3.14. The molecule has 3 aliphatic heterocycles. The van der Waals surface area contributed by atoms with Gasteiger partial charge in [0, 0.05) is 50.4 Å². The minimum Gasteiger partial charge on any atom is -0.497 e. The highest BCUT2D eigenvalue weighted by molar-refractivity contribution is 5.89. The molecule has 0 spiro atoms. The van der Waals surface area contributed by atoms with Gasteiger partial charge in [-0.1, -0.05) is 0 Å². The number of carbonyl (C=O) groups excluding carboxylic acids is 1. The van der Waals surface area contributed by atoms with Crippen molar-refractivity contribution in [2.75, 3.05) is 34.4 Å². The number of aromatic amines is 1. The summed E-state index contributed by atoms with van der Waals surface area (Å²) >= 11 is 0. The number of hydrogen-bond donors (Lipinski definition) is 1. The first-order chi connectivity index (χ1) is 14.5. The number of methoxy groups -OCH3 is 3. The Morgan fingerprint density at radius 3 is 2.73 bits per heavy atom. The SMILES string of the molecule is COC(=O)C1=CO[C@@H](C)C2CN3CCc4c([nH]c5cc(OC)c(OC)cc45)[C@H]3CC12.[HH].[HH]. The zero-order chi connectivity index (χ0) is 21.0. The third-order valence-electron chi connectivity index (χ3n) is 7.14. The topological polar surface area (TPSA) is 73.0 Å². The molecule has 1 fully saturated rings. The molecule has 7 heteroatoms. The van der Waals surface area contributed by atoms with Crippen LogP contribution in [0.4, 0.5) is 0 Å². The van der Waals surface area contributed by atoms with Crippen molar-refractivity contribution in [2.24, 2.45) is 11.8 Å². The third-order valence-corrected chi connectivity index (χ3v) is 7.14. The van der Waals surface area contributed by atoms with Gasteiger partial charge in [0.1, 0.15) is 0 Å². The fourth-order valence-corrected chi connectivity index (χ4v) is 5.56. The van der Waals surface area contributed by atoms with Gasteiger partial charge in [0.2, 0.25) is 0 Å². The Labute approximate surface area is 178 Å². The Kier molecular flexibility index (Phi) is 4.65. The van der Waals surface area contributed by atoms with Crippen molar-refractivity contribution in [3.63, 3.8) is 0 Å². The van der Waals surface area contributed by atoms with Gasteiger partial charge in [0.15, 0.2) is 11.5 Å². The fraction of sp³-hybridized carbons (Fsp3) is 0.522. The van der Waals surface area contributed by atoms with Gasteiger partial charge < -0.3 is 23.9 Å². The van der Waals surface area contributed by atoms with Crippen LogP contribution in [0.15, 0.2) is 24.0 Å². The third kappa shape index (κ3) is 2.79. The molecule has 164 valence electrons. The minimum absolute atomic E-state index is 0. The van der Waals surface area contributed by atoms with E-state index in [1.54, 1.807) is 20.5 Å². The van der Waals surface area contributed by atoms with Crippen LogP contribution in [0, 0.1) is 11.8 Å². The highest BCUT2D eigenvalue weighted by Gasteiger charge is 2.47. The number of H-pyrrole nitrogens is 1. The van der Waals surface area contributed by atoms with E-state index in [0.717, 1.165) is 42.9 Å². The molecule has 1 aromatic heterocycles. The van der Waals surface area contributed by atoms with Crippen LogP contribution in [0.1, 0.15) is 33.5 Å². The van der Waals surface area contributed by atoms with Crippen molar-refractivity contribution >= 4 is 16.9 Å². The molecule has 0 saturated carbocycles. The summed E-state index contributed by atoms with van der Waals surface area (Å²) in [7, 11) is 4.75. The Morgan fingerprint density at radius 1 is 1.23 bits per heavy atom. The van der Waals surface area contributed by atoms with Crippen molar-refractivity contribution in [3.8, 4) is 11.5 Å². The summed E-state index contributed by atoms with van der Waals surface area (Å²) in [6.07, 6.45) is 3.56. The molecule has 7 nitrogen and oxygen atoms in total. The van der Waals surface area contributed by atoms with Gasteiger partial charge >= 0.3 is 5.97 Å². The highest BCUT2D eigenvalue weighted by atomic mass is 16.5. The molecule has 4 heterocycles. The summed E-state index contributed by atoms with van der Waals surface area (Å²) in [6, 6.07) is 4.32. The number of ether oxygens (including phenoxy) is 4.